The van der Waals surface area contributed by atoms with Crippen molar-refractivity contribution < 1.29 is 14.3 Å². The molecule has 0 unspecified atom stereocenters. The normalized spacial score (nSPS) is 10.4. The van der Waals surface area contributed by atoms with Gasteiger partial charge in [-0.25, -0.2) is 0 Å². The van der Waals surface area contributed by atoms with Crippen molar-refractivity contribution >= 4 is 11.8 Å². The summed E-state index contributed by atoms with van der Waals surface area (Å²) < 4.78 is 4.94. The van der Waals surface area contributed by atoms with Crippen LogP contribution in [-0.4, -0.2) is 11.8 Å². The minimum atomic E-state index is -0.438. The Bertz CT molecular complexity index is 428. The fourth-order valence-corrected chi connectivity index (χ4v) is 1.45. The maximum Gasteiger partial charge on any atom is 0.302 e. The monoisotopic (exact) mass is 250 g/mol. The van der Waals surface area contributed by atoms with E-state index < -0.39 is 5.41 Å². The Morgan fingerprint density at radius 3 is 2.22 bits per heavy atom. The van der Waals surface area contributed by atoms with Crippen LogP contribution in [0.4, 0.5) is 0 Å². The molecule has 18 heavy (non-hydrogen) atoms. The maximum atomic E-state index is 12.2. The van der Waals surface area contributed by atoms with E-state index in [1.165, 1.54) is 6.92 Å². The van der Waals surface area contributed by atoms with Gasteiger partial charge in [0.1, 0.15) is 6.61 Å². The molecular formula is C15H22O3. The lowest BCUT2D eigenvalue weighted by molar-refractivity contribution is -0.142. The van der Waals surface area contributed by atoms with Crippen LogP contribution in [0.1, 0.15) is 51.0 Å². The highest BCUT2D eigenvalue weighted by Crippen LogP contribution is 2.23. The predicted octanol–water partition coefficient (Wildman–Crippen LogP) is 3.61. The Labute approximate surface area is 109 Å². The minimum absolute atomic E-state index is 0. The van der Waals surface area contributed by atoms with Crippen molar-refractivity contribution in [1.29, 1.82) is 0 Å². The Morgan fingerprint density at radius 1 is 1.17 bits per heavy atom. The van der Waals surface area contributed by atoms with Crippen molar-refractivity contribution in [3.8, 4) is 0 Å². The first-order valence-electron chi connectivity index (χ1n) is 5.58. The molecule has 0 aliphatic heterocycles. The number of esters is 1. The predicted molar refractivity (Wildman–Crippen MR) is 72.4 cm³/mol. The second kappa shape index (κ2) is 6.34. The van der Waals surface area contributed by atoms with E-state index in [2.05, 4.69) is 0 Å². The largest absolute Gasteiger partial charge is 0.461 e. The van der Waals surface area contributed by atoms with E-state index in [0.29, 0.717) is 5.56 Å². The molecule has 0 spiro atoms. The Kier molecular flexibility index (Phi) is 5.76. The van der Waals surface area contributed by atoms with Crippen molar-refractivity contribution in [2.24, 2.45) is 5.41 Å². The molecule has 0 saturated carbocycles. The van der Waals surface area contributed by atoms with Crippen LogP contribution >= 0.6 is 0 Å². The molecule has 3 heteroatoms. The molecule has 0 aromatic heterocycles. The standard InChI is InChI=1S/C14H18O3.CH4/c1-10(15)17-9-11-7-5-6-8-12(11)13(16)14(2,3)4;/h5-8H,9H2,1-4H3;1H4. The molecule has 0 aliphatic rings. The third-order valence-corrected chi connectivity index (χ3v) is 2.37. The first kappa shape index (κ1) is 16.4. The smallest absolute Gasteiger partial charge is 0.302 e. The lowest BCUT2D eigenvalue weighted by atomic mass is 9.85. The highest BCUT2D eigenvalue weighted by Gasteiger charge is 2.24. The molecule has 0 N–H and O–H groups in total. The van der Waals surface area contributed by atoms with Gasteiger partial charge in [0.2, 0.25) is 0 Å². The van der Waals surface area contributed by atoms with E-state index in [-0.39, 0.29) is 25.8 Å². The average molecular weight is 250 g/mol. The molecule has 0 radical (unpaired) electrons. The molecule has 0 bridgehead atoms. The zero-order valence-corrected chi connectivity index (χ0v) is 10.7. The summed E-state index contributed by atoms with van der Waals surface area (Å²) in [6.07, 6.45) is 0. The van der Waals surface area contributed by atoms with Gasteiger partial charge in [-0.3, -0.25) is 9.59 Å². The third kappa shape index (κ3) is 4.32. The summed E-state index contributed by atoms with van der Waals surface area (Å²) in [6.45, 7) is 7.12. The van der Waals surface area contributed by atoms with Crippen LogP contribution in [-0.2, 0) is 16.1 Å². The van der Waals surface area contributed by atoms with Gasteiger partial charge in [0.05, 0.1) is 0 Å². The molecule has 0 aliphatic carbocycles. The summed E-state index contributed by atoms with van der Waals surface area (Å²) in [6, 6.07) is 7.23. The number of benzene rings is 1. The topological polar surface area (TPSA) is 43.4 Å². The second-order valence-corrected chi connectivity index (χ2v) is 5.02. The number of ketones is 1. The minimum Gasteiger partial charge on any atom is -0.461 e. The first-order valence-corrected chi connectivity index (χ1v) is 5.58. The molecule has 1 aromatic carbocycles. The van der Waals surface area contributed by atoms with E-state index >= 15 is 0 Å². The highest BCUT2D eigenvalue weighted by atomic mass is 16.5. The van der Waals surface area contributed by atoms with E-state index in [9.17, 15) is 9.59 Å². The van der Waals surface area contributed by atoms with Crippen molar-refractivity contribution in [3.63, 3.8) is 0 Å². The summed E-state index contributed by atoms with van der Waals surface area (Å²) in [7, 11) is 0. The van der Waals surface area contributed by atoms with Crippen molar-refractivity contribution in [1.82, 2.24) is 0 Å². The van der Waals surface area contributed by atoms with E-state index in [1.807, 2.05) is 39.0 Å². The average Bonchev–Trinajstić information content (AvgIpc) is 2.24. The zero-order chi connectivity index (χ0) is 13.1. The van der Waals surface area contributed by atoms with E-state index in [0.717, 1.165) is 5.56 Å². The van der Waals surface area contributed by atoms with Crippen LogP contribution in [0.15, 0.2) is 24.3 Å². The molecule has 1 aromatic rings. The van der Waals surface area contributed by atoms with Gasteiger partial charge in [-0.1, -0.05) is 52.5 Å². The number of rotatable bonds is 3. The van der Waals surface area contributed by atoms with Gasteiger partial charge in [-0.2, -0.15) is 0 Å². The molecule has 0 heterocycles. The van der Waals surface area contributed by atoms with Crippen molar-refractivity contribution in [3.05, 3.63) is 35.4 Å². The summed E-state index contributed by atoms with van der Waals surface area (Å²) in [5, 5.41) is 0. The Balaban J connectivity index is 0.00000289. The molecule has 0 amide bonds. The van der Waals surface area contributed by atoms with Gasteiger partial charge >= 0.3 is 5.97 Å². The van der Waals surface area contributed by atoms with Gasteiger partial charge in [-0.05, 0) is 0 Å². The van der Waals surface area contributed by atoms with Crippen LogP contribution in [0, 0.1) is 5.41 Å². The SMILES string of the molecule is C.CC(=O)OCc1ccccc1C(=O)C(C)(C)C. The van der Waals surface area contributed by atoms with Crippen molar-refractivity contribution in [2.75, 3.05) is 0 Å². The highest BCUT2D eigenvalue weighted by molar-refractivity contribution is 6.01. The van der Waals surface area contributed by atoms with Gasteiger partial charge < -0.3 is 4.74 Å². The molecule has 0 saturated heterocycles. The summed E-state index contributed by atoms with van der Waals surface area (Å²) in [4.78, 5) is 23.0. The molecule has 3 nitrogen and oxygen atoms in total. The number of Topliss-reactive ketones (excluding diaryl/α,β-unsaturated/α-hetero) is 1. The quantitative estimate of drug-likeness (QED) is 0.608. The summed E-state index contributed by atoms with van der Waals surface area (Å²) >= 11 is 0. The van der Waals surface area contributed by atoms with Crippen LogP contribution in [0.2, 0.25) is 0 Å². The van der Waals surface area contributed by atoms with Crippen molar-refractivity contribution in [2.45, 2.75) is 41.7 Å². The molecule has 100 valence electrons. The van der Waals surface area contributed by atoms with Gasteiger partial charge in [0, 0.05) is 23.5 Å². The summed E-state index contributed by atoms with van der Waals surface area (Å²) in [5.41, 5.74) is 0.940. The van der Waals surface area contributed by atoms with Gasteiger partial charge in [0.15, 0.2) is 5.78 Å². The number of carbonyl (C=O) groups excluding carboxylic acids is 2. The molecule has 0 atom stereocenters. The van der Waals surface area contributed by atoms with Gasteiger partial charge in [0.25, 0.3) is 0 Å². The van der Waals surface area contributed by atoms with E-state index in [1.54, 1.807) is 6.07 Å². The third-order valence-electron chi connectivity index (χ3n) is 2.37. The lowest BCUT2D eigenvalue weighted by Gasteiger charge is -2.18. The van der Waals surface area contributed by atoms with Crippen LogP contribution in [0.3, 0.4) is 0 Å². The molecular weight excluding hydrogens is 228 g/mol. The fraction of sp³-hybridized carbons (Fsp3) is 0.467. The Hall–Kier alpha value is -1.64. The van der Waals surface area contributed by atoms with Crippen LogP contribution < -0.4 is 0 Å². The van der Waals surface area contributed by atoms with E-state index in [4.69, 9.17) is 4.74 Å². The van der Waals surface area contributed by atoms with Gasteiger partial charge in [-0.15, -0.1) is 0 Å². The number of hydrogen-bond acceptors (Lipinski definition) is 3. The van der Waals surface area contributed by atoms with Crippen LogP contribution in [0.5, 0.6) is 0 Å². The first-order chi connectivity index (χ1) is 7.82. The number of ether oxygens (including phenoxy) is 1. The maximum absolute atomic E-state index is 12.2. The lowest BCUT2D eigenvalue weighted by Crippen LogP contribution is -2.21. The Morgan fingerprint density at radius 2 is 1.72 bits per heavy atom. The second-order valence-electron chi connectivity index (χ2n) is 5.02. The van der Waals surface area contributed by atoms with Crippen LogP contribution in [0.25, 0.3) is 0 Å². The summed E-state index contributed by atoms with van der Waals surface area (Å²) in [5.74, 6) is -0.289. The number of carbonyl (C=O) groups is 2. The fourth-order valence-electron chi connectivity index (χ4n) is 1.45. The molecule has 0 fully saturated rings. The zero-order valence-electron chi connectivity index (χ0n) is 10.7. The number of hydrogen-bond donors (Lipinski definition) is 0. The molecule has 1 rings (SSSR count).